The van der Waals surface area contributed by atoms with Gasteiger partial charge in [0, 0.05) is 37.7 Å². The molecule has 1 amide bonds. The Bertz CT molecular complexity index is 1440. The van der Waals surface area contributed by atoms with E-state index in [0.717, 1.165) is 38.8 Å². The van der Waals surface area contributed by atoms with Gasteiger partial charge in [-0.25, -0.2) is 4.79 Å². The molecule has 5 aliphatic carbocycles. The van der Waals surface area contributed by atoms with Crippen LogP contribution < -0.4 is 0 Å². The Balaban J connectivity index is 0.950. The van der Waals surface area contributed by atoms with Crippen LogP contribution >= 0.6 is 0 Å². The molecule has 3 heterocycles. The van der Waals surface area contributed by atoms with Crippen LogP contribution in [0.15, 0.2) is 0 Å². The molecule has 8 fully saturated rings. The normalized spacial score (nSPS) is 48.0. The van der Waals surface area contributed by atoms with Gasteiger partial charge in [-0.15, -0.1) is 0 Å². The van der Waals surface area contributed by atoms with Gasteiger partial charge in [0.2, 0.25) is 0 Å². The highest BCUT2D eigenvalue weighted by Gasteiger charge is 2.84. The van der Waals surface area contributed by atoms with Crippen LogP contribution in [0, 0.1) is 50.7 Å². The van der Waals surface area contributed by atoms with Crippen LogP contribution in [0.2, 0.25) is 0 Å². The second-order valence-corrected chi connectivity index (χ2v) is 22.0. The fourth-order valence-corrected chi connectivity index (χ4v) is 15.1. The van der Waals surface area contributed by atoms with Crippen molar-refractivity contribution in [1.29, 1.82) is 0 Å². The molecule has 3 aliphatic heterocycles. The Hall–Kier alpha value is -1.01. The molecule has 0 aromatic carbocycles. The zero-order valence-electron chi connectivity index (χ0n) is 35.5. The number of hydrogen-bond acceptors (Lipinski definition) is 9. The standard InChI is InChI=1S/C44H74N2O8/c1-12-50-36(40(8,9)49)28-21-26(2)33-34(52-28)35(47)42(11)30-14-13-29-39(6,7)31(15-16-43(29)25-44(30,43)18-17-41(33,42)10)53-32-24-45(19-20-51-32)27-22-46(23-27)37(48)54-38(3,4)5/h26-36,47,49H,12-25H2,1-11H3/t26-,28?,29+,30?,31+,32+,33+,34?,35+,36+,41-,42-,43-,44?/m1/s1. The minimum Gasteiger partial charge on any atom is -0.444 e. The molecule has 10 heteroatoms. The Kier molecular flexibility index (Phi) is 9.58. The van der Waals surface area contributed by atoms with Crippen molar-refractivity contribution >= 4 is 6.09 Å². The lowest BCUT2D eigenvalue weighted by atomic mass is 9.41. The molecule has 4 unspecified atom stereocenters. The SMILES string of the molecule is CCO[C@@H](C1C[C@@H](C)[C@H]2C(O1)[C@H](O)[C@@]1(C)C3CC[C@H]4C(C)(C)[C@@H](O[C@H]5CN(C6CN(C(=O)OC(C)(C)C)C6)CCO5)CC[C@@]45CC35CC[C@]21C)C(C)(C)O. The zero-order chi connectivity index (χ0) is 39.0. The summed E-state index contributed by atoms with van der Waals surface area (Å²) in [4.78, 5) is 16.8. The number of carbonyl (C=O) groups is 1. The molecule has 3 saturated heterocycles. The third-order valence-corrected chi connectivity index (χ3v) is 17.6. The lowest BCUT2D eigenvalue weighted by Gasteiger charge is -2.64. The number of carbonyl (C=O) groups excluding carboxylic acids is 1. The van der Waals surface area contributed by atoms with Crippen molar-refractivity contribution in [1.82, 2.24) is 9.80 Å². The van der Waals surface area contributed by atoms with Gasteiger partial charge < -0.3 is 38.8 Å². The number of morpholine rings is 1. The first-order chi connectivity index (χ1) is 25.1. The van der Waals surface area contributed by atoms with E-state index in [4.69, 9.17) is 23.7 Å². The molecule has 0 aromatic rings. The number of rotatable bonds is 7. The van der Waals surface area contributed by atoms with Crippen molar-refractivity contribution in [3.63, 3.8) is 0 Å². The highest BCUT2D eigenvalue weighted by Crippen LogP contribution is 2.89. The first kappa shape index (κ1) is 39.8. The summed E-state index contributed by atoms with van der Waals surface area (Å²) >= 11 is 0. The predicted molar refractivity (Wildman–Crippen MR) is 206 cm³/mol. The van der Waals surface area contributed by atoms with Crippen LogP contribution in [-0.2, 0) is 23.7 Å². The van der Waals surface area contributed by atoms with Gasteiger partial charge in [-0.05, 0) is 138 Å². The summed E-state index contributed by atoms with van der Waals surface area (Å²) in [7, 11) is 0. The van der Waals surface area contributed by atoms with E-state index < -0.39 is 23.4 Å². The van der Waals surface area contributed by atoms with Gasteiger partial charge in [-0.1, -0.05) is 34.6 Å². The van der Waals surface area contributed by atoms with Crippen LogP contribution in [-0.4, -0.2) is 120 Å². The number of amides is 1. The fourth-order valence-electron chi connectivity index (χ4n) is 15.1. The second-order valence-electron chi connectivity index (χ2n) is 22.0. The summed E-state index contributed by atoms with van der Waals surface area (Å²) in [6, 6.07) is 0.316. The molecule has 2 N–H and O–H groups in total. The molecular formula is C44H74N2O8. The Morgan fingerprint density at radius 3 is 2.31 bits per heavy atom. The molecule has 308 valence electrons. The van der Waals surface area contributed by atoms with Crippen LogP contribution in [0.1, 0.15) is 128 Å². The third-order valence-electron chi connectivity index (χ3n) is 17.6. The first-order valence-corrected chi connectivity index (χ1v) is 21.8. The van der Waals surface area contributed by atoms with Crippen LogP contribution in [0.4, 0.5) is 4.79 Å². The number of aliphatic hydroxyl groups excluding tert-OH is 1. The van der Waals surface area contributed by atoms with Crippen molar-refractivity contribution in [3.05, 3.63) is 0 Å². The van der Waals surface area contributed by atoms with Gasteiger partial charge in [-0.3, -0.25) is 4.90 Å². The van der Waals surface area contributed by atoms with E-state index in [0.29, 0.717) is 61.4 Å². The van der Waals surface area contributed by atoms with Gasteiger partial charge in [0.25, 0.3) is 0 Å². The molecule has 14 atom stereocenters. The molecule has 2 spiro atoms. The number of nitrogens with zero attached hydrogens (tertiary/aromatic N) is 2. The lowest BCUT2D eigenvalue weighted by molar-refractivity contribution is -0.253. The highest BCUT2D eigenvalue weighted by atomic mass is 16.7. The van der Waals surface area contributed by atoms with Gasteiger partial charge in [0.1, 0.15) is 11.7 Å². The average Bonchev–Trinajstić information content (AvgIpc) is 3.68. The van der Waals surface area contributed by atoms with Crippen molar-refractivity contribution in [2.75, 3.05) is 39.4 Å². The third kappa shape index (κ3) is 5.74. The summed E-state index contributed by atoms with van der Waals surface area (Å²) in [5.41, 5.74) is -1.15. The van der Waals surface area contributed by atoms with E-state index >= 15 is 0 Å². The molecular weight excluding hydrogens is 684 g/mol. The molecule has 0 aromatic heterocycles. The van der Waals surface area contributed by atoms with E-state index in [2.05, 4.69) is 39.5 Å². The van der Waals surface area contributed by atoms with Crippen LogP contribution in [0.25, 0.3) is 0 Å². The van der Waals surface area contributed by atoms with E-state index in [1.807, 2.05) is 41.5 Å². The summed E-state index contributed by atoms with van der Waals surface area (Å²) in [6.07, 6.45) is 7.31. The van der Waals surface area contributed by atoms with Crippen molar-refractivity contribution < 1.29 is 38.7 Å². The molecule has 10 nitrogen and oxygen atoms in total. The van der Waals surface area contributed by atoms with Gasteiger partial charge in [-0.2, -0.15) is 0 Å². The van der Waals surface area contributed by atoms with E-state index in [9.17, 15) is 15.0 Å². The van der Waals surface area contributed by atoms with Gasteiger partial charge in [0.15, 0.2) is 6.29 Å². The zero-order valence-corrected chi connectivity index (χ0v) is 35.5. The average molecular weight is 759 g/mol. The maximum atomic E-state index is 12.7. The summed E-state index contributed by atoms with van der Waals surface area (Å²) < 4.78 is 32.0. The molecule has 0 radical (unpaired) electrons. The minimum absolute atomic E-state index is 0.00571. The molecule has 8 rings (SSSR count). The second kappa shape index (κ2) is 13.0. The number of fused-ring (bicyclic) bond motifs is 4. The predicted octanol–water partition coefficient (Wildman–Crippen LogP) is 6.64. The highest BCUT2D eigenvalue weighted by molar-refractivity contribution is 5.69. The summed E-state index contributed by atoms with van der Waals surface area (Å²) in [5.74, 6) is 1.72. The molecule has 54 heavy (non-hydrogen) atoms. The lowest BCUT2D eigenvalue weighted by Crippen LogP contribution is -2.64. The monoisotopic (exact) mass is 759 g/mol. The van der Waals surface area contributed by atoms with Gasteiger partial charge >= 0.3 is 6.09 Å². The smallest absolute Gasteiger partial charge is 0.410 e. The Labute approximate surface area is 325 Å². The van der Waals surface area contributed by atoms with Crippen molar-refractivity contribution in [2.24, 2.45) is 50.7 Å². The van der Waals surface area contributed by atoms with Crippen LogP contribution in [0.3, 0.4) is 0 Å². The number of likely N-dealkylation sites (tertiary alicyclic amines) is 1. The quantitative estimate of drug-likeness (QED) is 0.296. The van der Waals surface area contributed by atoms with E-state index in [1.54, 1.807) is 4.90 Å². The van der Waals surface area contributed by atoms with Crippen molar-refractivity contribution in [2.45, 2.75) is 182 Å². The number of hydrogen-bond donors (Lipinski definition) is 2. The topological polar surface area (TPSA) is 110 Å². The molecule has 5 saturated carbocycles. The Morgan fingerprint density at radius 2 is 1.65 bits per heavy atom. The van der Waals surface area contributed by atoms with E-state index in [-0.39, 0.29) is 52.4 Å². The first-order valence-electron chi connectivity index (χ1n) is 21.8. The van der Waals surface area contributed by atoms with Crippen LogP contribution in [0.5, 0.6) is 0 Å². The Morgan fingerprint density at radius 1 is 0.963 bits per heavy atom. The summed E-state index contributed by atoms with van der Waals surface area (Å²) in [6.45, 7) is 27.8. The minimum atomic E-state index is -1.03. The largest absolute Gasteiger partial charge is 0.444 e. The maximum Gasteiger partial charge on any atom is 0.410 e. The number of ether oxygens (including phenoxy) is 5. The number of aliphatic hydroxyl groups is 2. The van der Waals surface area contributed by atoms with E-state index in [1.165, 1.54) is 25.7 Å². The fraction of sp³-hybridized carbons (Fsp3) is 0.977. The maximum absolute atomic E-state index is 12.7. The summed E-state index contributed by atoms with van der Waals surface area (Å²) in [5, 5.41) is 23.8. The molecule has 8 aliphatic rings. The molecule has 0 bridgehead atoms. The van der Waals surface area contributed by atoms with Gasteiger partial charge in [0.05, 0.1) is 43.2 Å². The van der Waals surface area contributed by atoms with Crippen molar-refractivity contribution in [3.8, 4) is 0 Å².